The summed E-state index contributed by atoms with van der Waals surface area (Å²) in [5.41, 5.74) is 3.70. The molecule has 164 valence electrons. The Morgan fingerprint density at radius 3 is 2.80 bits per heavy atom. The molecule has 2 heterocycles. The van der Waals surface area contributed by atoms with Crippen molar-refractivity contribution in [3.63, 3.8) is 0 Å². The molecule has 8 heteroatoms. The van der Waals surface area contributed by atoms with Crippen LogP contribution in [0.1, 0.15) is 41.6 Å². The van der Waals surface area contributed by atoms with Gasteiger partial charge in [0.2, 0.25) is 5.91 Å². The van der Waals surface area contributed by atoms with Gasteiger partial charge in [0, 0.05) is 45.0 Å². The number of rotatable bonds is 7. The molecule has 1 aromatic carbocycles. The molecule has 0 spiro atoms. The molecule has 0 bridgehead atoms. The van der Waals surface area contributed by atoms with Crippen molar-refractivity contribution in [2.75, 3.05) is 26.7 Å². The Labute approximate surface area is 200 Å². The van der Waals surface area contributed by atoms with E-state index in [4.69, 9.17) is 4.99 Å². The molecule has 0 radical (unpaired) electrons. The molecule has 3 rings (SSSR count). The van der Waals surface area contributed by atoms with Crippen LogP contribution in [-0.4, -0.2) is 53.3 Å². The number of thiazole rings is 1. The second-order valence-corrected chi connectivity index (χ2v) is 8.45. The lowest BCUT2D eigenvalue weighted by molar-refractivity contribution is -0.132. The first-order valence-electron chi connectivity index (χ1n) is 10.3. The van der Waals surface area contributed by atoms with Gasteiger partial charge in [-0.1, -0.05) is 24.3 Å². The summed E-state index contributed by atoms with van der Waals surface area (Å²) in [5, 5.41) is 6.49. The van der Waals surface area contributed by atoms with Crippen LogP contribution in [0.5, 0.6) is 0 Å². The van der Waals surface area contributed by atoms with E-state index in [0.29, 0.717) is 13.0 Å². The number of carbonyl (C=O) groups excluding carboxylic acids is 1. The minimum Gasteiger partial charge on any atom is -0.357 e. The van der Waals surface area contributed by atoms with Crippen LogP contribution in [0, 0.1) is 6.92 Å². The number of aryl methyl sites for hydroxylation is 1. The molecule has 1 aliphatic heterocycles. The first kappa shape index (κ1) is 24.6. The Morgan fingerprint density at radius 1 is 1.33 bits per heavy atom. The zero-order valence-electron chi connectivity index (χ0n) is 18.1. The average Bonchev–Trinajstić information content (AvgIpc) is 3.14. The highest BCUT2D eigenvalue weighted by Gasteiger charge is 2.19. The lowest BCUT2D eigenvalue weighted by Gasteiger charge is -2.29. The van der Waals surface area contributed by atoms with Crippen molar-refractivity contribution < 1.29 is 4.79 Å². The lowest BCUT2D eigenvalue weighted by atomic mass is 9.99. The highest BCUT2D eigenvalue weighted by Crippen LogP contribution is 2.19. The molecule has 30 heavy (non-hydrogen) atoms. The highest BCUT2D eigenvalue weighted by molar-refractivity contribution is 14.0. The summed E-state index contributed by atoms with van der Waals surface area (Å²) in [5.74, 6) is 1.09. The molecule has 2 aromatic rings. The van der Waals surface area contributed by atoms with E-state index in [2.05, 4.69) is 45.7 Å². The number of halogens is 1. The number of nitrogens with one attached hydrogen (secondary N) is 1. The summed E-state index contributed by atoms with van der Waals surface area (Å²) in [6.45, 7) is 7.81. The molecular formula is C22H32IN5OS. The maximum absolute atomic E-state index is 12.6. The summed E-state index contributed by atoms with van der Waals surface area (Å²) in [6, 6.07) is 8.41. The Kier molecular flexibility index (Phi) is 10.0. The van der Waals surface area contributed by atoms with Crippen molar-refractivity contribution in [3.8, 4) is 0 Å². The lowest BCUT2D eigenvalue weighted by Crippen LogP contribution is -2.38. The molecule has 0 aliphatic carbocycles. The number of guanidine groups is 1. The first-order valence-corrected chi connectivity index (χ1v) is 11.2. The highest BCUT2D eigenvalue weighted by atomic mass is 127. The quantitative estimate of drug-likeness (QED) is 0.251. The number of hydrogen-bond donors (Lipinski definition) is 1. The van der Waals surface area contributed by atoms with E-state index in [1.807, 2.05) is 24.9 Å². The van der Waals surface area contributed by atoms with Crippen molar-refractivity contribution in [3.05, 3.63) is 51.5 Å². The van der Waals surface area contributed by atoms with Gasteiger partial charge >= 0.3 is 0 Å². The van der Waals surface area contributed by atoms with Crippen molar-refractivity contribution in [1.29, 1.82) is 0 Å². The molecule has 1 amide bonds. The standard InChI is InChI=1S/C22H31N5OS.HI/c1-4-23-22(26(3)15-20-16-29-17(2)25-20)24-12-7-10-21(28)27-13-11-18-8-5-6-9-19(18)14-27;/h5-6,8-9,16H,4,7,10-15H2,1-3H3,(H,23,24);1H. The van der Waals surface area contributed by atoms with Gasteiger partial charge in [-0.2, -0.15) is 0 Å². The fourth-order valence-electron chi connectivity index (χ4n) is 3.55. The number of benzene rings is 1. The van der Waals surface area contributed by atoms with Crippen LogP contribution in [-0.2, 0) is 24.3 Å². The van der Waals surface area contributed by atoms with Gasteiger partial charge in [0.15, 0.2) is 5.96 Å². The molecule has 0 fully saturated rings. The van der Waals surface area contributed by atoms with Gasteiger partial charge < -0.3 is 15.1 Å². The number of hydrogen-bond acceptors (Lipinski definition) is 4. The normalized spacial score (nSPS) is 13.4. The zero-order chi connectivity index (χ0) is 20.6. The molecule has 1 aromatic heterocycles. The molecule has 0 atom stereocenters. The van der Waals surface area contributed by atoms with Gasteiger partial charge in [0.25, 0.3) is 0 Å². The van der Waals surface area contributed by atoms with Gasteiger partial charge in [0.1, 0.15) is 0 Å². The van der Waals surface area contributed by atoms with Crippen LogP contribution in [0.3, 0.4) is 0 Å². The monoisotopic (exact) mass is 541 g/mol. The van der Waals surface area contributed by atoms with Crippen LogP contribution in [0.25, 0.3) is 0 Å². The molecule has 0 saturated carbocycles. The average molecular weight is 542 g/mol. The largest absolute Gasteiger partial charge is 0.357 e. The van der Waals surface area contributed by atoms with Crippen LogP contribution in [0.2, 0.25) is 0 Å². The van der Waals surface area contributed by atoms with Gasteiger partial charge in [-0.05, 0) is 37.8 Å². The first-order chi connectivity index (χ1) is 14.1. The summed E-state index contributed by atoms with van der Waals surface area (Å²) in [4.78, 5) is 25.9. The molecule has 0 unspecified atom stereocenters. The van der Waals surface area contributed by atoms with Gasteiger partial charge in [-0.15, -0.1) is 35.3 Å². The topological polar surface area (TPSA) is 60.8 Å². The van der Waals surface area contributed by atoms with Gasteiger partial charge in [-0.25, -0.2) is 4.98 Å². The Morgan fingerprint density at radius 2 is 2.10 bits per heavy atom. The van der Waals surface area contributed by atoms with Crippen LogP contribution < -0.4 is 5.32 Å². The Bertz CT molecular complexity index is 854. The van der Waals surface area contributed by atoms with Crippen LogP contribution in [0.4, 0.5) is 0 Å². The molecule has 0 saturated heterocycles. The molecular weight excluding hydrogens is 509 g/mol. The third-order valence-corrected chi connectivity index (χ3v) is 5.88. The second-order valence-electron chi connectivity index (χ2n) is 7.39. The van der Waals surface area contributed by atoms with Crippen LogP contribution in [0.15, 0.2) is 34.6 Å². The SMILES string of the molecule is CCNC(=NCCCC(=O)N1CCc2ccccc2C1)N(C)Cc1csc(C)n1.I. The number of nitrogens with zero attached hydrogens (tertiary/aromatic N) is 4. The van der Waals surface area contributed by atoms with E-state index in [-0.39, 0.29) is 29.9 Å². The third kappa shape index (κ3) is 6.94. The number of carbonyl (C=O) groups is 1. The number of aliphatic imine (C=N–C) groups is 1. The van der Waals surface area contributed by atoms with E-state index in [1.165, 1.54) is 11.1 Å². The van der Waals surface area contributed by atoms with Crippen molar-refractivity contribution in [1.82, 2.24) is 20.1 Å². The fraction of sp³-hybridized carbons (Fsp3) is 0.500. The minimum absolute atomic E-state index is 0. The van der Waals surface area contributed by atoms with E-state index >= 15 is 0 Å². The van der Waals surface area contributed by atoms with Crippen LogP contribution >= 0.6 is 35.3 Å². The number of amides is 1. The summed E-state index contributed by atoms with van der Waals surface area (Å²) >= 11 is 1.67. The predicted molar refractivity (Wildman–Crippen MR) is 135 cm³/mol. The smallest absolute Gasteiger partial charge is 0.222 e. The Hall–Kier alpha value is -1.68. The van der Waals surface area contributed by atoms with Gasteiger partial charge in [-0.3, -0.25) is 9.79 Å². The van der Waals surface area contributed by atoms with E-state index in [0.717, 1.165) is 55.7 Å². The van der Waals surface area contributed by atoms with Gasteiger partial charge in [0.05, 0.1) is 17.2 Å². The second kappa shape index (κ2) is 12.2. The van der Waals surface area contributed by atoms with E-state index in [1.54, 1.807) is 11.3 Å². The van der Waals surface area contributed by atoms with E-state index < -0.39 is 0 Å². The molecule has 1 aliphatic rings. The minimum atomic E-state index is 0. The summed E-state index contributed by atoms with van der Waals surface area (Å²) < 4.78 is 0. The fourth-order valence-corrected chi connectivity index (χ4v) is 4.15. The zero-order valence-corrected chi connectivity index (χ0v) is 21.2. The maximum atomic E-state index is 12.6. The summed E-state index contributed by atoms with van der Waals surface area (Å²) in [6.07, 6.45) is 2.25. The third-order valence-electron chi connectivity index (χ3n) is 5.06. The van der Waals surface area contributed by atoms with Crippen molar-refractivity contribution in [2.45, 2.75) is 46.2 Å². The number of fused-ring (bicyclic) bond motifs is 1. The van der Waals surface area contributed by atoms with Crippen molar-refractivity contribution in [2.24, 2.45) is 4.99 Å². The summed E-state index contributed by atoms with van der Waals surface area (Å²) in [7, 11) is 2.02. The number of aromatic nitrogens is 1. The van der Waals surface area contributed by atoms with E-state index in [9.17, 15) is 4.79 Å². The molecule has 1 N–H and O–H groups in total. The molecule has 6 nitrogen and oxygen atoms in total. The Balaban J connectivity index is 0.00000320. The predicted octanol–water partition coefficient (Wildman–Crippen LogP) is 3.83. The van der Waals surface area contributed by atoms with Crippen molar-refractivity contribution >= 4 is 47.2 Å². The maximum Gasteiger partial charge on any atom is 0.222 e.